The minimum Gasteiger partial charge on any atom is -0.481 e. The van der Waals surface area contributed by atoms with E-state index in [1.165, 1.54) is 13.8 Å². The average molecular weight is 460 g/mol. The molecule has 0 aliphatic heterocycles. The second-order valence-electron chi connectivity index (χ2n) is 7.78. The minimum atomic E-state index is -1.38. The zero-order valence-electron chi connectivity index (χ0n) is 18.8. The number of aliphatic hydroxyl groups is 1. The van der Waals surface area contributed by atoms with Crippen molar-refractivity contribution >= 4 is 35.5 Å². The molecule has 0 aromatic heterocycles. The highest BCUT2D eigenvalue weighted by molar-refractivity contribution is 5.95. The number of hydrogen-bond acceptors (Lipinski definition) is 7. The summed E-state index contributed by atoms with van der Waals surface area (Å²) in [6.07, 6.45) is -2.09. The number of carboxylic acid groups (broad SMARTS) is 1. The number of carboxylic acids is 1. The van der Waals surface area contributed by atoms with E-state index in [1.54, 1.807) is 13.8 Å². The van der Waals surface area contributed by atoms with Crippen LogP contribution >= 0.6 is 0 Å². The lowest BCUT2D eigenvalue weighted by Gasteiger charge is -2.27. The highest BCUT2D eigenvalue weighted by Gasteiger charge is 2.32. The molecule has 0 saturated heterocycles. The van der Waals surface area contributed by atoms with Gasteiger partial charge in [0.05, 0.1) is 6.10 Å². The molecule has 13 heteroatoms. The van der Waals surface area contributed by atoms with E-state index >= 15 is 0 Å². The number of hydrogen-bond donors (Lipinski definition) is 7. The van der Waals surface area contributed by atoms with Crippen LogP contribution in [0, 0.1) is 5.92 Å². The largest absolute Gasteiger partial charge is 0.481 e. The first-order valence-corrected chi connectivity index (χ1v) is 10.0. The van der Waals surface area contributed by atoms with Crippen LogP contribution in [-0.4, -0.2) is 76.0 Å². The van der Waals surface area contributed by atoms with Crippen molar-refractivity contribution < 1.29 is 39.0 Å². The Balaban J connectivity index is 5.56. The molecule has 5 unspecified atom stereocenters. The summed E-state index contributed by atoms with van der Waals surface area (Å²) >= 11 is 0. The molecule has 32 heavy (non-hydrogen) atoms. The van der Waals surface area contributed by atoms with Crippen LogP contribution in [0.5, 0.6) is 0 Å². The lowest BCUT2D eigenvalue weighted by Crippen LogP contribution is -2.60. The van der Waals surface area contributed by atoms with Crippen molar-refractivity contribution in [2.24, 2.45) is 11.7 Å². The summed E-state index contributed by atoms with van der Waals surface area (Å²) in [6, 6.07) is -4.87. The number of nitrogens with one attached hydrogen (secondary N) is 4. The van der Waals surface area contributed by atoms with E-state index < -0.39 is 78.1 Å². The van der Waals surface area contributed by atoms with Crippen molar-refractivity contribution in [3.05, 3.63) is 0 Å². The molecule has 0 heterocycles. The average Bonchev–Trinajstić information content (AvgIpc) is 2.65. The molecule has 0 saturated carbocycles. The van der Waals surface area contributed by atoms with Gasteiger partial charge in [0.1, 0.15) is 24.2 Å². The zero-order chi connectivity index (χ0) is 25.2. The molecule has 5 atom stereocenters. The number of aliphatic carboxylic acids is 1. The maximum absolute atomic E-state index is 12.8. The maximum atomic E-state index is 12.8. The molecule has 0 aromatic carbocycles. The van der Waals surface area contributed by atoms with Gasteiger partial charge in [0.15, 0.2) is 0 Å². The van der Waals surface area contributed by atoms with Gasteiger partial charge < -0.3 is 37.2 Å². The smallest absolute Gasteiger partial charge is 0.303 e. The van der Waals surface area contributed by atoms with Crippen LogP contribution in [0.25, 0.3) is 0 Å². The number of aliphatic hydroxyl groups excluding tert-OH is 1. The fourth-order valence-electron chi connectivity index (χ4n) is 2.59. The predicted octanol–water partition coefficient (Wildman–Crippen LogP) is -2.65. The van der Waals surface area contributed by atoms with Gasteiger partial charge in [0, 0.05) is 13.3 Å². The van der Waals surface area contributed by atoms with E-state index in [2.05, 4.69) is 21.3 Å². The van der Waals surface area contributed by atoms with Crippen molar-refractivity contribution in [3.63, 3.8) is 0 Å². The summed E-state index contributed by atoms with van der Waals surface area (Å²) in [7, 11) is 0. The van der Waals surface area contributed by atoms with Crippen molar-refractivity contribution in [1.82, 2.24) is 21.3 Å². The van der Waals surface area contributed by atoms with Gasteiger partial charge in [-0.2, -0.15) is 0 Å². The normalized spacial score (nSPS) is 15.5. The van der Waals surface area contributed by atoms with Gasteiger partial charge >= 0.3 is 5.97 Å². The Kier molecular flexibility index (Phi) is 11.9. The van der Waals surface area contributed by atoms with Crippen LogP contribution in [0.3, 0.4) is 0 Å². The van der Waals surface area contributed by atoms with Crippen molar-refractivity contribution in [3.8, 4) is 0 Å². The topological polar surface area (TPSA) is 217 Å². The van der Waals surface area contributed by atoms with Crippen LogP contribution in [-0.2, 0) is 28.8 Å². The zero-order valence-corrected chi connectivity index (χ0v) is 18.8. The number of rotatable bonds is 13. The van der Waals surface area contributed by atoms with Gasteiger partial charge in [-0.15, -0.1) is 0 Å². The van der Waals surface area contributed by atoms with Crippen LogP contribution < -0.4 is 27.0 Å². The van der Waals surface area contributed by atoms with Crippen molar-refractivity contribution in [2.75, 3.05) is 0 Å². The molecule has 0 aliphatic carbocycles. The summed E-state index contributed by atoms with van der Waals surface area (Å²) in [5.41, 5.74) is 5.13. The van der Waals surface area contributed by atoms with E-state index in [1.807, 2.05) is 0 Å². The van der Waals surface area contributed by atoms with Gasteiger partial charge in [0.25, 0.3) is 0 Å². The molecule has 0 aromatic rings. The molecular weight excluding hydrogens is 426 g/mol. The number of amides is 5. The summed E-state index contributed by atoms with van der Waals surface area (Å²) in [6.45, 7) is 7.02. The quantitative estimate of drug-likeness (QED) is 0.154. The van der Waals surface area contributed by atoms with E-state index in [-0.39, 0.29) is 6.42 Å². The molecule has 8 N–H and O–H groups in total. The first-order chi connectivity index (χ1) is 14.7. The third kappa shape index (κ3) is 10.2. The van der Waals surface area contributed by atoms with Gasteiger partial charge in [-0.05, 0) is 26.2 Å². The lowest BCUT2D eigenvalue weighted by atomic mass is 10.0. The van der Waals surface area contributed by atoms with Crippen molar-refractivity contribution in [1.29, 1.82) is 0 Å². The van der Waals surface area contributed by atoms with Gasteiger partial charge in [0.2, 0.25) is 29.5 Å². The van der Waals surface area contributed by atoms with Crippen LogP contribution in [0.1, 0.15) is 47.5 Å². The molecule has 13 nitrogen and oxygen atoms in total. The van der Waals surface area contributed by atoms with Gasteiger partial charge in [-0.3, -0.25) is 28.8 Å². The number of primary amides is 1. The van der Waals surface area contributed by atoms with Crippen molar-refractivity contribution in [2.45, 2.75) is 77.7 Å². The Morgan fingerprint density at radius 1 is 0.812 bits per heavy atom. The predicted molar refractivity (Wildman–Crippen MR) is 112 cm³/mol. The lowest BCUT2D eigenvalue weighted by molar-refractivity contribution is -0.139. The van der Waals surface area contributed by atoms with E-state index in [0.29, 0.717) is 0 Å². The second-order valence-corrected chi connectivity index (χ2v) is 7.78. The third-order valence-corrected chi connectivity index (χ3v) is 4.44. The van der Waals surface area contributed by atoms with E-state index in [0.717, 1.165) is 6.92 Å². The number of carbonyl (C=O) groups is 6. The Morgan fingerprint density at radius 3 is 1.75 bits per heavy atom. The van der Waals surface area contributed by atoms with Gasteiger partial charge in [-0.25, -0.2) is 0 Å². The molecule has 5 amide bonds. The Bertz CT molecular complexity index is 725. The first-order valence-electron chi connectivity index (χ1n) is 10.0. The first kappa shape index (κ1) is 28.8. The fraction of sp³-hybridized carbons (Fsp3) is 0.684. The Morgan fingerprint density at radius 2 is 1.34 bits per heavy atom. The summed E-state index contributed by atoms with van der Waals surface area (Å²) in [5, 5.41) is 28.1. The maximum Gasteiger partial charge on any atom is 0.303 e. The molecule has 0 bridgehead atoms. The highest BCUT2D eigenvalue weighted by atomic mass is 16.4. The monoisotopic (exact) mass is 459 g/mol. The van der Waals surface area contributed by atoms with Crippen LogP contribution in [0.4, 0.5) is 0 Å². The molecule has 0 fully saturated rings. The second kappa shape index (κ2) is 13.2. The Hall–Kier alpha value is -3.22. The van der Waals surface area contributed by atoms with E-state index in [4.69, 9.17) is 10.8 Å². The molecule has 0 radical (unpaired) electrons. The molecule has 0 spiro atoms. The SMILES string of the molecule is CC(=O)NC(C(=O)NC(CCC(=O)O)C(=O)NC(C(=O)NC(C)C(N)=O)C(C)C)C(C)O. The molecule has 0 aliphatic rings. The summed E-state index contributed by atoms with van der Waals surface area (Å²) in [5.74, 6) is -5.48. The third-order valence-electron chi connectivity index (χ3n) is 4.44. The molecule has 0 rings (SSSR count). The Labute approximate surface area is 185 Å². The molecule has 182 valence electrons. The fourth-order valence-corrected chi connectivity index (χ4v) is 2.59. The highest BCUT2D eigenvalue weighted by Crippen LogP contribution is 2.06. The summed E-state index contributed by atoms with van der Waals surface area (Å²) in [4.78, 5) is 71.2. The minimum absolute atomic E-state index is 0.316. The number of nitrogens with two attached hydrogens (primary N) is 1. The van der Waals surface area contributed by atoms with E-state index in [9.17, 15) is 33.9 Å². The standard InChI is InChI=1S/C19H33N5O8/c1-8(2)14(18(31)21-9(3)16(20)29)24-17(30)12(6-7-13(27)28)23-19(32)15(10(4)25)22-11(5)26/h8-10,12,14-15,25H,6-7H2,1-5H3,(H2,20,29)(H,21,31)(H,22,26)(H,23,32)(H,24,30)(H,27,28). The van der Waals surface area contributed by atoms with Gasteiger partial charge in [-0.1, -0.05) is 13.8 Å². The molecular formula is C19H33N5O8. The number of carbonyl (C=O) groups excluding carboxylic acids is 5. The van der Waals surface area contributed by atoms with Crippen LogP contribution in [0.2, 0.25) is 0 Å². The summed E-state index contributed by atoms with van der Waals surface area (Å²) < 4.78 is 0. The van der Waals surface area contributed by atoms with Crippen LogP contribution in [0.15, 0.2) is 0 Å².